The topological polar surface area (TPSA) is 57.6 Å². The Labute approximate surface area is 86.6 Å². The Bertz CT molecular complexity index is 328. The monoisotopic (exact) mass is 215 g/mol. The molecular weight excluding hydrogens is 202 g/mol. The van der Waals surface area contributed by atoms with Gasteiger partial charge in [-0.2, -0.15) is 0 Å². The van der Waals surface area contributed by atoms with E-state index in [0.717, 1.165) is 0 Å². The van der Waals surface area contributed by atoms with Crippen molar-refractivity contribution in [3.05, 3.63) is 0 Å². The number of fused-ring (bicyclic) bond motifs is 1. The maximum absolute atomic E-state index is 11.4. The van der Waals surface area contributed by atoms with Crippen LogP contribution in [0.4, 0.5) is 0 Å². The van der Waals surface area contributed by atoms with Crippen LogP contribution in [0.3, 0.4) is 0 Å². The fourth-order valence-electron chi connectivity index (χ4n) is 2.12. The molecule has 78 valence electrons. The first-order valence-corrected chi connectivity index (χ1v) is 5.42. The van der Waals surface area contributed by atoms with Crippen molar-refractivity contribution in [2.24, 2.45) is 0 Å². The van der Waals surface area contributed by atoms with Gasteiger partial charge in [-0.05, 0) is 20.8 Å². The molecule has 0 aliphatic carbocycles. The van der Waals surface area contributed by atoms with Crippen LogP contribution in [0.2, 0.25) is 0 Å². The first-order chi connectivity index (χ1) is 6.30. The molecule has 0 bridgehead atoms. The van der Waals surface area contributed by atoms with Gasteiger partial charge in [0.05, 0.1) is 11.8 Å². The van der Waals surface area contributed by atoms with Gasteiger partial charge >= 0.3 is 5.97 Å². The van der Waals surface area contributed by atoms with Crippen molar-refractivity contribution in [3.63, 3.8) is 0 Å². The summed E-state index contributed by atoms with van der Waals surface area (Å²) in [5, 5.41) is 9.31. The summed E-state index contributed by atoms with van der Waals surface area (Å²) in [7, 11) is 0. The minimum absolute atomic E-state index is 0.0435. The maximum Gasteiger partial charge on any atom is 0.330 e. The van der Waals surface area contributed by atoms with E-state index in [-0.39, 0.29) is 11.3 Å². The SMILES string of the molecule is CC1(C)S[C@@H]2CC(=O)N2[C@@]1(C)C(=O)O. The highest BCUT2D eigenvalue weighted by atomic mass is 32.2. The molecule has 2 saturated heterocycles. The number of nitrogens with zero attached hydrogens (tertiary/aromatic N) is 1. The summed E-state index contributed by atoms with van der Waals surface area (Å²) in [6.07, 6.45) is 0.483. The third kappa shape index (κ3) is 0.860. The quantitative estimate of drug-likeness (QED) is 0.661. The lowest BCUT2D eigenvalue weighted by molar-refractivity contribution is -0.166. The lowest BCUT2D eigenvalue weighted by atomic mass is 9.84. The summed E-state index contributed by atoms with van der Waals surface area (Å²) in [5.74, 6) is -0.955. The van der Waals surface area contributed by atoms with Gasteiger partial charge in [-0.3, -0.25) is 4.79 Å². The van der Waals surface area contributed by atoms with Crippen molar-refractivity contribution in [2.75, 3.05) is 0 Å². The van der Waals surface area contributed by atoms with E-state index in [1.807, 2.05) is 13.8 Å². The average Bonchev–Trinajstić information content (AvgIpc) is 2.16. The Morgan fingerprint density at radius 3 is 2.50 bits per heavy atom. The van der Waals surface area contributed by atoms with Crippen LogP contribution in [0.1, 0.15) is 27.2 Å². The van der Waals surface area contributed by atoms with Gasteiger partial charge in [-0.25, -0.2) is 4.79 Å². The van der Waals surface area contributed by atoms with Crippen LogP contribution >= 0.6 is 11.8 Å². The van der Waals surface area contributed by atoms with Crippen LogP contribution in [0.15, 0.2) is 0 Å². The number of carboxylic acid groups (broad SMARTS) is 1. The average molecular weight is 215 g/mol. The molecule has 2 heterocycles. The molecule has 0 aromatic rings. The summed E-state index contributed by atoms with van der Waals surface area (Å²) >= 11 is 1.58. The number of aliphatic carboxylic acids is 1. The van der Waals surface area contributed by atoms with Gasteiger partial charge in [-0.1, -0.05) is 0 Å². The largest absolute Gasteiger partial charge is 0.479 e. The number of thioether (sulfide) groups is 1. The normalized spacial score (nSPS) is 39.2. The first-order valence-electron chi connectivity index (χ1n) is 4.54. The Morgan fingerprint density at radius 1 is 1.57 bits per heavy atom. The fourth-order valence-corrected chi connectivity index (χ4v) is 3.88. The zero-order chi connectivity index (χ0) is 10.7. The molecule has 0 saturated carbocycles. The molecule has 1 N–H and O–H groups in total. The van der Waals surface area contributed by atoms with Gasteiger partial charge in [0.2, 0.25) is 5.91 Å². The van der Waals surface area contributed by atoms with E-state index in [1.54, 1.807) is 18.7 Å². The number of carbonyl (C=O) groups is 2. The molecule has 2 aliphatic heterocycles. The smallest absolute Gasteiger partial charge is 0.330 e. The predicted octanol–water partition coefficient (Wildman–Crippen LogP) is 0.913. The molecular formula is C9H13NO3S. The Balaban J connectivity index is 2.45. The standard InChI is InChI=1S/C9H13NO3S/c1-8(2)9(3,7(12)13)10-5(11)4-6(10)14-8/h6H,4H2,1-3H3,(H,12,13)/t6-,9+/m1/s1. The predicted molar refractivity (Wildman–Crippen MR) is 53.0 cm³/mol. The minimum atomic E-state index is -1.06. The van der Waals surface area contributed by atoms with Gasteiger partial charge in [0.25, 0.3) is 0 Å². The Morgan fingerprint density at radius 2 is 2.14 bits per heavy atom. The summed E-state index contributed by atoms with van der Waals surface area (Å²) in [6, 6.07) is 0. The highest BCUT2D eigenvalue weighted by molar-refractivity contribution is 8.01. The zero-order valence-corrected chi connectivity index (χ0v) is 9.22. The van der Waals surface area contributed by atoms with E-state index in [4.69, 9.17) is 0 Å². The van der Waals surface area contributed by atoms with Crippen LogP contribution in [0.25, 0.3) is 0 Å². The number of rotatable bonds is 1. The lowest BCUT2D eigenvalue weighted by Crippen LogP contribution is -2.65. The second-order valence-corrected chi connectivity index (χ2v) is 6.23. The molecule has 0 aromatic heterocycles. The number of hydrogen-bond acceptors (Lipinski definition) is 3. The highest BCUT2D eigenvalue weighted by Gasteiger charge is 2.66. The maximum atomic E-state index is 11.4. The van der Waals surface area contributed by atoms with Gasteiger partial charge < -0.3 is 10.0 Å². The van der Waals surface area contributed by atoms with Crippen molar-refractivity contribution in [1.29, 1.82) is 0 Å². The van der Waals surface area contributed by atoms with Crippen molar-refractivity contribution in [3.8, 4) is 0 Å². The second kappa shape index (κ2) is 2.45. The summed E-state index contributed by atoms with van der Waals surface area (Å²) in [6.45, 7) is 5.41. The molecule has 2 rings (SSSR count). The molecule has 2 fully saturated rings. The molecule has 5 heteroatoms. The first kappa shape index (κ1) is 9.83. The van der Waals surface area contributed by atoms with Crippen LogP contribution < -0.4 is 0 Å². The zero-order valence-electron chi connectivity index (χ0n) is 8.40. The third-order valence-corrected chi connectivity index (χ3v) is 5.04. The van der Waals surface area contributed by atoms with Gasteiger partial charge in [-0.15, -0.1) is 11.8 Å². The number of amides is 1. The molecule has 1 amide bonds. The van der Waals surface area contributed by atoms with Crippen LogP contribution in [0.5, 0.6) is 0 Å². The Hall–Kier alpha value is -0.710. The van der Waals surface area contributed by atoms with Gasteiger partial charge in [0, 0.05) is 4.75 Å². The fraction of sp³-hybridized carbons (Fsp3) is 0.778. The highest BCUT2D eigenvalue weighted by Crippen LogP contribution is 2.56. The Kier molecular flexibility index (Phi) is 1.72. The molecule has 14 heavy (non-hydrogen) atoms. The molecule has 0 unspecified atom stereocenters. The molecule has 0 radical (unpaired) electrons. The van der Waals surface area contributed by atoms with E-state index in [0.29, 0.717) is 6.42 Å². The van der Waals surface area contributed by atoms with Gasteiger partial charge in [0.15, 0.2) is 5.54 Å². The molecule has 2 atom stereocenters. The van der Waals surface area contributed by atoms with Crippen molar-refractivity contribution in [1.82, 2.24) is 4.90 Å². The molecule has 0 aromatic carbocycles. The summed E-state index contributed by atoms with van der Waals surface area (Å²) in [4.78, 5) is 24.2. The van der Waals surface area contributed by atoms with Gasteiger partial charge in [0.1, 0.15) is 0 Å². The van der Waals surface area contributed by atoms with E-state index < -0.39 is 16.3 Å². The van der Waals surface area contributed by atoms with Crippen LogP contribution in [-0.2, 0) is 9.59 Å². The molecule has 0 spiro atoms. The van der Waals surface area contributed by atoms with E-state index in [2.05, 4.69) is 0 Å². The molecule has 2 aliphatic rings. The second-order valence-electron chi connectivity index (χ2n) is 4.43. The van der Waals surface area contributed by atoms with Crippen LogP contribution in [-0.4, -0.2) is 37.5 Å². The van der Waals surface area contributed by atoms with E-state index in [1.165, 1.54) is 4.90 Å². The van der Waals surface area contributed by atoms with Crippen molar-refractivity contribution < 1.29 is 14.7 Å². The van der Waals surface area contributed by atoms with E-state index >= 15 is 0 Å². The lowest BCUT2D eigenvalue weighted by Gasteiger charge is -2.44. The number of carboxylic acids is 1. The number of carbonyl (C=O) groups excluding carboxylic acids is 1. The van der Waals surface area contributed by atoms with E-state index in [9.17, 15) is 14.7 Å². The third-order valence-electron chi connectivity index (χ3n) is 3.41. The van der Waals surface area contributed by atoms with Crippen molar-refractivity contribution in [2.45, 2.75) is 42.9 Å². The molecule has 4 nitrogen and oxygen atoms in total. The summed E-state index contributed by atoms with van der Waals surface area (Å²) in [5.41, 5.74) is -1.06. The minimum Gasteiger partial charge on any atom is -0.479 e. The summed E-state index contributed by atoms with van der Waals surface area (Å²) < 4.78 is -0.421. The van der Waals surface area contributed by atoms with Crippen molar-refractivity contribution >= 4 is 23.6 Å². The van der Waals surface area contributed by atoms with Crippen LogP contribution in [0, 0.1) is 0 Å². The number of β-lactam (4-membered cyclic amide) rings is 1. The number of hydrogen-bond donors (Lipinski definition) is 1.